The number of amides is 1. The van der Waals surface area contributed by atoms with Crippen LogP contribution in [0.4, 0.5) is 14.5 Å². The molecule has 0 saturated carbocycles. The number of benzene rings is 1. The smallest absolute Gasteiger partial charge is 0.265 e. The van der Waals surface area contributed by atoms with Crippen LogP contribution in [0, 0.1) is 17.2 Å². The number of alkyl halides is 2. The number of hydrogen-bond acceptors (Lipinski definition) is 5. The lowest BCUT2D eigenvalue weighted by Crippen LogP contribution is -2.56. The molecule has 2 aromatic rings. The molecule has 8 heteroatoms. The number of pyridine rings is 1. The number of halogens is 2. The number of fused-ring (bicyclic) bond motifs is 1. The molecule has 142 valence electrons. The van der Waals surface area contributed by atoms with Crippen LogP contribution in [-0.2, 0) is 4.79 Å². The van der Waals surface area contributed by atoms with Gasteiger partial charge in [0.1, 0.15) is 6.07 Å². The number of likely N-dealkylation sites (N-methyl/N-ethyl adjacent to an activating group) is 1. The number of carbonyl (C=O) groups excluding carboxylic acids is 1. The maximum absolute atomic E-state index is 14.5. The van der Waals surface area contributed by atoms with Gasteiger partial charge in [-0.2, -0.15) is 5.26 Å². The average Bonchev–Trinajstić information content (AvgIpc) is 2.58. The van der Waals surface area contributed by atoms with Gasteiger partial charge in [-0.3, -0.25) is 14.7 Å². The molecule has 1 unspecified atom stereocenters. The summed E-state index contributed by atoms with van der Waals surface area (Å²) in [5.74, 6) is -4.20. The summed E-state index contributed by atoms with van der Waals surface area (Å²) in [5, 5.41) is 9.91. The number of nitrogens with zero attached hydrogens (tertiary/aromatic N) is 4. The number of piperidine rings is 1. The number of primary amides is 1. The molecule has 0 bridgehead atoms. The predicted octanol–water partition coefficient (Wildman–Crippen LogP) is 1.98. The monoisotopic (exact) mass is 373 g/mol. The minimum atomic E-state index is -2.96. The van der Waals surface area contributed by atoms with Crippen LogP contribution in [0.15, 0.2) is 30.5 Å². The fourth-order valence-electron chi connectivity index (χ4n) is 3.97. The third kappa shape index (κ3) is 3.69. The highest BCUT2D eigenvalue weighted by Crippen LogP contribution is 2.38. The molecule has 0 aliphatic carbocycles. The van der Waals surface area contributed by atoms with Gasteiger partial charge in [0.15, 0.2) is 0 Å². The third-order valence-electron chi connectivity index (χ3n) is 4.94. The minimum absolute atomic E-state index is 0.261. The second-order valence-electron chi connectivity index (χ2n) is 7.16. The van der Waals surface area contributed by atoms with Crippen LogP contribution < -0.4 is 10.6 Å². The molecule has 1 aliphatic rings. The number of nitrogens with two attached hydrogens (primary N) is 1. The highest BCUT2D eigenvalue weighted by Gasteiger charge is 2.45. The summed E-state index contributed by atoms with van der Waals surface area (Å²) < 4.78 is 29.1. The number of carbonyl (C=O) groups is 1. The van der Waals surface area contributed by atoms with Crippen LogP contribution in [0.5, 0.6) is 0 Å². The van der Waals surface area contributed by atoms with Crippen molar-refractivity contribution in [3.8, 4) is 6.07 Å². The van der Waals surface area contributed by atoms with Gasteiger partial charge < -0.3 is 10.6 Å². The molecule has 2 heterocycles. The Morgan fingerprint density at radius 3 is 2.81 bits per heavy atom. The summed E-state index contributed by atoms with van der Waals surface area (Å²) in [6, 6.07) is 8.00. The highest BCUT2D eigenvalue weighted by molar-refractivity contribution is 5.95. The number of anilines is 1. The predicted molar refractivity (Wildman–Crippen MR) is 98.4 cm³/mol. The SMILES string of the molecule is CN(C)C(C(N)=O)[C@H]1CN(c2ccc(C#N)c3ncccc23)CC(F)(F)C1. The molecule has 27 heavy (non-hydrogen) atoms. The first-order valence-electron chi connectivity index (χ1n) is 8.60. The lowest BCUT2D eigenvalue weighted by Gasteiger charge is -2.42. The first-order chi connectivity index (χ1) is 12.7. The maximum atomic E-state index is 14.5. The van der Waals surface area contributed by atoms with Crippen molar-refractivity contribution in [2.24, 2.45) is 11.7 Å². The van der Waals surface area contributed by atoms with Crippen LogP contribution in [0.25, 0.3) is 10.9 Å². The standard InChI is InChI=1S/C19H21F2N5O/c1-25(2)17(18(23)27)13-8-19(20,21)11-26(10-13)15-6-5-12(9-22)16-14(15)4-3-7-24-16/h3-7,13,17H,8,10-11H2,1-2H3,(H2,23,27)/t13-,17?/m1/s1. The zero-order valence-electron chi connectivity index (χ0n) is 15.2. The first-order valence-corrected chi connectivity index (χ1v) is 8.60. The first kappa shape index (κ1) is 19.0. The molecule has 0 spiro atoms. The van der Waals surface area contributed by atoms with Crippen molar-refractivity contribution in [2.75, 3.05) is 32.1 Å². The zero-order chi connectivity index (χ0) is 19.8. The Bertz CT molecular complexity index is 909. The molecule has 1 aromatic carbocycles. The third-order valence-corrected chi connectivity index (χ3v) is 4.94. The zero-order valence-corrected chi connectivity index (χ0v) is 15.2. The van der Waals surface area contributed by atoms with E-state index in [-0.39, 0.29) is 6.54 Å². The molecule has 2 atom stereocenters. The molecular formula is C19H21F2N5O. The van der Waals surface area contributed by atoms with E-state index in [1.165, 1.54) is 0 Å². The van der Waals surface area contributed by atoms with E-state index < -0.39 is 36.8 Å². The molecule has 0 radical (unpaired) electrons. The summed E-state index contributed by atoms with van der Waals surface area (Å²) in [4.78, 5) is 19.3. The summed E-state index contributed by atoms with van der Waals surface area (Å²) in [6.07, 6.45) is 1.16. The van der Waals surface area contributed by atoms with Gasteiger partial charge in [0.2, 0.25) is 5.91 Å². The van der Waals surface area contributed by atoms with E-state index in [2.05, 4.69) is 11.1 Å². The second-order valence-corrected chi connectivity index (χ2v) is 7.16. The van der Waals surface area contributed by atoms with Crippen molar-refractivity contribution >= 4 is 22.5 Å². The van der Waals surface area contributed by atoms with Gasteiger partial charge in [-0.15, -0.1) is 0 Å². The van der Waals surface area contributed by atoms with Gasteiger partial charge in [0.05, 0.1) is 23.7 Å². The number of hydrogen-bond donors (Lipinski definition) is 1. The Morgan fingerprint density at radius 2 is 2.19 bits per heavy atom. The Balaban J connectivity index is 2.05. The molecule has 2 N–H and O–H groups in total. The number of aromatic nitrogens is 1. The Morgan fingerprint density at radius 1 is 1.44 bits per heavy atom. The normalized spacial score (nSPS) is 20.4. The molecular weight excluding hydrogens is 352 g/mol. The molecule has 1 amide bonds. The van der Waals surface area contributed by atoms with Crippen LogP contribution in [0.2, 0.25) is 0 Å². The van der Waals surface area contributed by atoms with Crippen molar-refractivity contribution in [1.29, 1.82) is 5.26 Å². The maximum Gasteiger partial charge on any atom is 0.265 e. The van der Waals surface area contributed by atoms with Gasteiger partial charge in [-0.1, -0.05) is 0 Å². The molecule has 1 aromatic heterocycles. The van der Waals surface area contributed by atoms with Crippen molar-refractivity contribution < 1.29 is 13.6 Å². The molecule has 1 aliphatic heterocycles. The van der Waals surface area contributed by atoms with Crippen molar-refractivity contribution in [1.82, 2.24) is 9.88 Å². The van der Waals surface area contributed by atoms with E-state index in [1.54, 1.807) is 54.4 Å². The van der Waals surface area contributed by atoms with Gasteiger partial charge in [-0.25, -0.2) is 8.78 Å². The van der Waals surface area contributed by atoms with Crippen molar-refractivity contribution in [2.45, 2.75) is 18.4 Å². The fraction of sp³-hybridized carbons (Fsp3) is 0.421. The Hall–Kier alpha value is -2.79. The van der Waals surface area contributed by atoms with Gasteiger partial charge in [0.25, 0.3) is 5.92 Å². The molecule has 1 fully saturated rings. The molecule has 3 rings (SSSR count). The molecule has 1 saturated heterocycles. The van der Waals surface area contributed by atoms with E-state index in [1.807, 2.05) is 0 Å². The quantitative estimate of drug-likeness (QED) is 0.886. The Labute approximate surface area is 156 Å². The summed E-state index contributed by atoms with van der Waals surface area (Å²) in [7, 11) is 3.32. The van der Waals surface area contributed by atoms with E-state index in [4.69, 9.17) is 5.73 Å². The van der Waals surface area contributed by atoms with Crippen LogP contribution in [0.1, 0.15) is 12.0 Å². The summed E-state index contributed by atoms with van der Waals surface area (Å²) >= 11 is 0. The van der Waals surface area contributed by atoms with Gasteiger partial charge in [-0.05, 0) is 38.4 Å². The topological polar surface area (TPSA) is 86.2 Å². The van der Waals surface area contributed by atoms with Crippen LogP contribution in [0.3, 0.4) is 0 Å². The van der Waals surface area contributed by atoms with Crippen molar-refractivity contribution in [3.05, 3.63) is 36.0 Å². The fourth-order valence-corrected chi connectivity index (χ4v) is 3.97. The van der Waals surface area contributed by atoms with E-state index >= 15 is 0 Å². The summed E-state index contributed by atoms with van der Waals surface area (Å²) in [5.41, 5.74) is 6.91. The lowest BCUT2D eigenvalue weighted by atomic mass is 9.87. The van der Waals surface area contributed by atoms with E-state index in [0.29, 0.717) is 22.2 Å². The minimum Gasteiger partial charge on any atom is -0.368 e. The Kier molecular flexibility index (Phi) is 4.98. The largest absolute Gasteiger partial charge is 0.368 e. The second kappa shape index (κ2) is 7.08. The number of nitriles is 1. The van der Waals surface area contributed by atoms with Gasteiger partial charge in [0, 0.05) is 36.2 Å². The van der Waals surface area contributed by atoms with Crippen molar-refractivity contribution in [3.63, 3.8) is 0 Å². The van der Waals surface area contributed by atoms with E-state index in [0.717, 1.165) is 0 Å². The van der Waals surface area contributed by atoms with Crippen LogP contribution in [-0.4, -0.2) is 54.9 Å². The summed E-state index contributed by atoms with van der Waals surface area (Å²) in [6.45, 7) is -0.199. The highest BCUT2D eigenvalue weighted by atomic mass is 19.3. The van der Waals surface area contributed by atoms with Crippen LogP contribution >= 0.6 is 0 Å². The lowest BCUT2D eigenvalue weighted by molar-refractivity contribution is -0.126. The van der Waals surface area contributed by atoms with E-state index in [9.17, 15) is 18.8 Å². The average molecular weight is 373 g/mol. The molecule has 6 nitrogen and oxygen atoms in total. The van der Waals surface area contributed by atoms with Gasteiger partial charge >= 0.3 is 0 Å². The number of rotatable bonds is 4.